The molecule has 0 saturated heterocycles. The Kier molecular flexibility index (Phi) is 9.17. The molecule has 2 aromatic rings. The largest absolute Gasteiger partial charge is 0.496 e. The number of halogens is 3. The van der Waals surface area contributed by atoms with E-state index in [1.807, 2.05) is 19.1 Å². The van der Waals surface area contributed by atoms with Gasteiger partial charge in [0.05, 0.1) is 12.7 Å². The summed E-state index contributed by atoms with van der Waals surface area (Å²) in [5.41, 5.74) is 0.369. The van der Waals surface area contributed by atoms with E-state index in [1.54, 1.807) is 18.9 Å². The highest BCUT2D eigenvalue weighted by Gasteiger charge is 2.30. The monoisotopic (exact) mass is 428 g/mol. The van der Waals surface area contributed by atoms with Crippen LogP contribution in [-0.2, 0) is 10.9 Å². The molecule has 0 fully saturated rings. The van der Waals surface area contributed by atoms with Gasteiger partial charge < -0.3 is 14.2 Å². The fourth-order valence-electron chi connectivity index (χ4n) is 2.60. The van der Waals surface area contributed by atoms with Crippen LogP contribution in [0.15, 0.2) is 47.4 Å². The maximum Gasteiger partial charge on any atom is 0.416 e. The number of unbranched alkanes of at least 4 members (excludes halogenated alkanes) is 1. The van der Waals surface area contributed by atoms with Crippen LogP contribution in [0.5, 0.6) is 11.5 Å². The van der Waals surface area contributed by atoms with Crippen molar-refractivity contribution in [1.29, 1.82) is 0 Å². The lowest BCUT2D eigenvalue weighted by molar-refractivity contribution is -0.137. The van der Waals surface area contributed by atoms with Crippen LogP contribution in [0.2, 0.25) is 0 Å². The van der Waals surface area contributed by atoms with Gasteiger partial charge in [0.15, 0.2) is 0 Å². The molecule has 1 atom stereocenters. The average Bonchev–Trinajstić information content (AvgIpc) is 2.69. The lowest BCUT2D eigenvalue weighted by Gasteiger charge is -2.19. The predicted molar refractivity (Wildman–Crippen MR) is 110 cm³/mol. The van der Waals surface area contributed by atoms with E-state index in [2.05, 4.69) is 13.0 Å². The standard InChI is InChI=1S/C22H27F3O3S/c1-4-5-12-27-19(15-29-20-10-11-21(26-3)16(2)13-20)14-28-18-8-6-17(7-9-18)22(23,24)25/h6-11,13,19H,4-5,12,14-15H2,1-3H3. The normalized spacial score (nSPS) is 12.6. The fourth-order valence-corrected chi connectivity index (χ4v) is 3.59. The summed E-state index contributed by atoms with van der Waals surface area (Å²) in [6.45, 7) is 4.98. The van der Waals surface area contributed by atoms with Crippen LogP contribution in [0.4, 0.5) is 13.2 Å². The van der Waals surface area contributed by atoms with Crippen molar-refractivity contribution in [3.8, 4) is 11.5 Å². The first-order chi connectivity index (χ1) is 13.8. The van der Waals surface area contributed by atoms with E-state index in [0.717, 1.165) is 41.2 Å². The van der Waals surface area contributed by atoms with Crippen LogP contribution in [0, 0.1) is 6.92 Å². The first-order valence-electron chi connectivity index (χ1n) is 9.52. The Labute approximate surface area is 174 Å². The van der Waals surface area contributed by atoms with Gasteiger partial charge in [0, 0.05) is 17.3 Å². The van der Waals surface area contributed by atoms with Crippen LogP contribution >= 0.6 is 11.8 Å². The molecule has 0 amide bonds. The molecule has 0 aliphatic carbocycles. The number of benzene rings is 2. The minimum Gasteiger partial charge on any atom is -0.496 e. The lowest BCUT2D eigenvalue weighted by atomic mass is 10.2. The second kappa shape index (κ2) is 11.4. The zero-order valence-electron chi connectivity index (χ0n) is 16.9. The Morgan fingerprint density at radius 1 is 1.07 bits per heavy atom. The molecule has 2 aromatic carbocycles. The summed E-state index contributed by atoms with van der Waals surface area (Å²) in [5, 5.41) is 0. The van der Waals surface area contributed by atoms with Crippen molar-refractivity contribution in [2.24, 2.45) is 0 Å². The molecule has 2 rings (SSSR count). The molecular weight excluding hydrogens is 401 g/mol. The van der Waals surface area contributed by atoms with Gasteiger partial charge in [-0.15, -0.1) is 11.8 Å². The molecule has 0 aromatic heterocycles. The molecule has 0 aliphatic heterocycles. The van der Waals surface area contributed by atoms with Gasteiger partial charge >= 0.3 is 6.18 Å². The maximum atomic E-state index is 12.7. The Hall–Kier alpha value is -1.86. The van der Waals surface area contributed by atoms with Crippen molar-refractivity contribution in [3.05, 3.63) is 53.6 Å². The van der Waals surface area contributed by atoms with E-state index in [4.69, 9.17) is 14.2 Å². The number of rotatable bonds is 11. The number of hydrogen-bond acceptors (Lipinski definition) is 4. The molecule has 0 N–H and O–H groups in total. The number of thioether (sulfide) groups is 1. The van der Waals surface area contributed by atoms with Crippen LogP contribution < -0.4 is 9.47 Å². The van der Waals surface area contributed by atoms with Gasteiger partial charge in [-0.3, -0.25) is 0 Å². The fraction of sp³-hybridized carbons (Fsp3) is 0.455. The van der Waals surface area contributed by atoms with Crippen molar-refractivity contribution in [2.45, 2.75) is 43.9 Å². The highest BCUT2D eigenvalue weighted by atomic mass is 32.2. The van der Waals surface area contributed by atoms with E-state index in [0.29, 0.717) is 18.1 Å². The second-order valence-electron chi connectivity index (χ2n) is 6.62. The van der Waals surface area contributed by atoms with Gasteiger partial charge in [0.1, 0.15) is 24.2 Å². The maximum absolute atomic E-state index is 12.7. The third kappa shape index (κ3) is 7.82. The van der Waals surface area contributed by atoms with Gasteiger partial charge in [-0.05, 0) is 61.4 Å². The number of hydrogen-bond donors (Lipinski definition) is 0. The third-order valence-corrected chi connectivity index (χ3v) is 5.40. The Balaban J connectivity index is 1.94. The zero-order chi connectivity index (χ0) is 21.3. The van der Waals surface area contributed by atoms with Crippen molar-refractivity contribution in [2.75, 3.05) is 26.1 Å². The van der Waals surface area contributed by atoms with Crippen LogP contribution in [0.1, 0.15) is 30.9 Å². The molecule has 0 saturated carbocycles. The van der Waals surface area contributed by atoms with E-state index >= 15 is 0 Å². The third-order valence-electron chi connectivity index (χ3n) is 4.27. The zero-order valence-corrected chi connectivity index (χ0v) is 17.7. The first-order valence-corrected chi connectivity index (χ1v) is 10.5. The molecule has 29 heavy (non-hydrogen) atoms. The molecule has 7 heteroatoms. The summed E-state index contributed by atoms with van der Waals surface area (Å²) in [6, 6.07) is 10.7. The Morgan fingerprint density at radius 3 is 2.38 bits per heavy atom. The summed E-state index contributed by atoms with van der Waals surface area (Å²) in [4.78, 5) is 1.10. The smallest absolute Gasteiger partial charge is 0.416 e. The molecule has 0 heterocycles. The summed E-state index contributed by atoms with van der Waals surface area (Å²) in [6.07, 6.45) is -2.55. The summed E-state index contributed by atoms with van der Waals surface area (Å²) < 4.78 is 54.9. The quantitative estimate of drug-likeness (QED) is 0.307. The molecular formula is C22H27F3O3S. The molecule has 0 aliphatic rings. The lowest BCUT2D eigenvalue weighted by Crippen LogP contribution is -2.25. The topological polar surface area (TPSA) is 27.7 Å². The molecule has 1 unspecified atom stereocenters. The van der Waals surface area contributed by atoms with Crippen molar-refractivity contribution >= 4 is 11.8 Å². The minimum atomic E-state index is -4.35. The van der Waals surface area contributed by atoms with Crippen molar-refractivity contribution < 1.29 is 27.4 Å². The molecule has 0 bridgehead atoms. The SMILES string of the molecule is CCCCOC(COc1ccc(C(F)(F)F)cc1)CSc1ccc(OC)c(C)c1. The molecule has 3 nitrogen and oxygen atoms in total. The molecule has 160 valence electrons. The Bertz CT molecular complexity index is 748. The molecule has 0 spiro atoms. The van der Waals surface area contributed by atoms with Gasteiger partial charge in [0.25, 0.3) is 0 Å². The Morgan fingerprint density at radius 2 is 1.79 bits per heavy atom. The number of methoxy groups -OCH3 is 1. The van der Waals surface area contributed by atoms with Gasteiger partial charge in [0.2, 0.25) is 0 Å². The summed E-state index contributed by atoms with van der Waals surface area (Å²) in [5.74, 6) is 1.92. The first kappa shape index (κ1) is 23.4. The highest BCUT2D eigenvalue weighted by molar-refractivity contribution is 7.99. The average molecular weight is 429 g/mol. The summed E-state index contributed by atoms with van der Waals surface area (Å²) >= 11 is 1.65. The van der Waals surface area contributed by atoms with E-state index < -0.39 is 11.7 Å². The van der Waals surface area contributed by atoms with Crippen LogP contribution in [0.3, 0.4) is 0 Å². The highest BCUT2D eigenvalue weighted by Crippen LogP contribution is 2.30. The van der Waals surface area contributed by atoms with E-state index in [1.165, 1.54) is 12.1 Å². The predicted octanol–water partition coefficient (Wildman–Crippen LogP) is 6.38. The summed E-state index contributed by atoms with van der Waals surface area (Å²) in [7, 11) is 1.64. The number of alkyl halides is 3. The van der Waals surface area contributed by atoms with Crippen molar-refractivity contribution in [1.82, 2.24) is 0 Å². The van der Waals surface area contributed by atoms with E-state index in [9.17, 15) is 13.2 Å². The van der Waals surface area contributed by atoms with Crippen LogP contribution in [-0.4, -0.2) is 32.2 Å². The second-order valence-corrected chi connectivity index (χ2v) is 7.72. The number of ether oxygens (including phenoxy) is 3. The molecule has 0 radical (unpaired) electrons. The van der Waals surface area contributed by atoms with Gasteiger partial charge in [-0.1, -0.05) is 13.3 Å². The number of aryl methyl sites for hydroxylation is 1. The van der Waals surface area contributed by atoms with Gasteiger partial charge in [-0.25, -0.2) is 0 Å². The van der Waals surface area contributed by atoms with Crippen LogP contribution in [0.25, 0.3) is 0 Å². The minimum absolute atomic E-state index is 0.170. The van der Waals surface area contributed by atoms with E-state index in [-0.39, 0.29) is 12.7 Å². The van der Waals surface area contributed by atoms with Gasteiger partial charge in [-0.2, -0.15) is 13.2 Å². The van der Waals surface area contributed by atoms with Crippen molar-refractivity contribution in [3.63, 3.8) is 0 Å².